The molecule has 0 radical (unpaired) electrons. The molecule has 94 valence electrons. The van der Waals surface area contributed by atoms with Crippen molar-refractivity contribution in [2.75, 3.05) is 0 Å². The van der Waals surface area contributed by atoms with Crippen molar-refractivity contribution in [2.45, 2.75) is 44.7 Å². The van der Waals surface area contributed by atoms with Crippen LogP contribution >= 0.6 is 0 Å². The molecule has 0 bridgehead atoms. The molecular formula is C13H19NO3. The minimum absolute atomic E-state index is 0.125. The Labute approximate surface area is 101 Å². The van der Waals surface area contributed by atoms with Crippen molar-refractivity contribution in [1.29, 1.82) is 0 Å². The predicted molar refractivity (Wildman–Crippen MR) is 65.1 cm³/mol. The van der Waals surface area contributed by atoms with Gasteiger partial charge in [0.15, 0.2) is 11.5 Å². The summed E-state index contributed by atoms with van der Waals surface area (Å²) in [6.45, 7) is 2.67. The van der Waals surface area contributed by atoms with Crippen molar-refractivity contribution in [3.63, 3.8) is 0 Å². The summed E-state index contributed by atoms with van der Waals surface area (Å²) in [6, 6.07) is 3.01. The number of benzene rings is 1. The van der Waals surface area contributed by atoms with Gasteiger partial charge in [-0.2, -0.15) is 0 Å². The maximum absolute atomic E-state index is 9.69. The fraction of sp³-hybridized carbons (Fsp3) is 0.538. The fourth-order valence-electron chi connectivity index (χ4n) is 2.39. The van der Waals surface area contributed by atoms with E-state index in [1.807, 2.05) is 0 Å². The van der Waals surface area contributed by atoms with Gasteiger partial charge < -0.3 is 20.6 Å². The Morgan fingerprint density at radius 3 is 2.41 bits per heavy atom. The Kier molecular flexibility index (Phi) is 3.15. The van der Waals surface area contributed by atoms with Crippen LogP contribution in [0.2, 0.25) is 0 Å². The average Bonchev–Trinajstić information content (AvgIpc) is 2.73. The van der Waals surface area contributed by atoms with Gasteiger partial charge >= 0.3 is 0 Å². The highest BCUT2D eigenvalue weighted by atomic mass is 16.3. The second-order valence-corrected chi connectivity index (χ2v) is 5.06. The van der Waals surface area contributed by atoms with Crippen LogP contribution in [0.3, 0.4) is 0 Å². The Hall–Kier alpha value is -1.42. The molecule has 1 aromatic carbocycles. The lowest BCUT2D eigenvalue weighted by molar-refractivity contribution is 0.346. The van der Waals surface area contributed by atoms with Gasteiger partial charge in [0.25, 0.3) is 0 Å². The zero-order valence-corrected chi connectivity index (χ0v) is 10.0. The molecule has 2 rings (SSSR count). The van der Waals surface area contributed by atoms with Crippen molar-refractivity contribution < 1.29 is 15.3 Å². The smallest absolute Gasteiger partial charge is 0.200 e. The number of hydrogen-bond acceptors (Lipinski definition) is 4. The first-order valence-corrected chi connectivity index (χ1v) is 6.00. The summed E-state index contributed by atoms with van der Waals surface area (Å²) in [4.78, 5) is 0. The van der Waals surface area contributed by atoms with E-state index < -0.39 is 5.75 Å². The fourth-order valence-corrected chi connectivity index (χ4v) is 2.39. The van der Waals surface area contributed by atoms with Crippen LogP contribution in [0.4, 0.5) is 0 Å². The Morgan fingerprint density at radius 1 is 1.12 bits per heavy atom. The second kappa shape index (κ2) is 4.45. The van der Waals surface area contributed by atoms with Gasteiger partial charge in [-0.05, 0) is 25.8 Å². The van der Waals surface area contributed by atoms with Crippen LogP contribution in [0.25, 0.3) is 0 Å². The summed E-state index contributed by atoms with van der Waals surface area (Å²) in [5, 5.41) is 31.7. The van der Waals surface area contributed by atoms with Crippen molar-refractivity contribution in [3.8, 4) is 17.2 Å². The minimum atomic E-state index is -0.444. The SMILES string of the molecule is CC1(NCc2ccc(O)c(O)c2O)CCCC1. The van der Waals surface area contributed by atoms with Crippen LogP contribution in [0.15, 0.2) is 12.1 Å². The summed E-state index contributed by atoms with van der Waals surface area (Å²) in [6.07, 6.45) is 4.74. The van der Waals surface area contributed by atoms with Crippen LogP contribution in [-0.4, -0.2) is 20.9 Å². The molecule has 17 heavy (non-hydrogen) atoms. The van der Waals surface area contributed by atoms with E-state index in [0.29, 0.717) is 12.1 Å². The maximum atomic E-state index is 9.69. The third-order valence-electron chi connectivity index (χ3n) is 3.63. The van der Waals surface area contributed by atoms with Crippen LogP contribution < -0.4 is 5.32 Å². The first kappa shape index (κ1) is 12.0. The Balaban J connectivity index is 2.06. The van der Waals surface area contributed by atoms with Crippen LogP contribution in [0, 0.1) is 0 Å². The zero-order chi connectivity index (χ0) is 12.5. The highest BCUT2D eigenvalue weighted by molar-refractivity contribution is 5.53. The van der Waals surface area contributed by atoms with Gasteiger partial charge in [-0.15, -0.1) is 0 Å². The summed E-state index contributed by atoms with van der Waals surface area (Å²) < 4.78 is 0. The van der Waals surface area contributed by atoms with Gasteiger partial charge in [0.05, 0.1) is 0 Å². The molecule has 1 aliphatic rings. The zero-order valence-electron chi connectivity index (χ0n) is 10.0. The third-order valence-corrected chi connectivity index (χ3v) is 3.63. The third kappa shape index (κ3) is 2.47. The molecule has 1 aliphatic carbocycles. The molecule has 0 aromatic heterocycles. The maximum Gasteiger partial charge on any atom is 0.200 e. The van der Waals surface area contributed by atoms with E-state index in [9.17, 15) is 15.3 Å². The average molecular weight is 237 g/mol. The van der Waals surface area contributed by atoms with E-state index in [2.05, 4.69) is 12.2 Å². The quantitative estimate of drug-likeness (QED) is 0.608. The predicted octanol–water partition coefficient (Wildman–Crippen LogP) is 2.23. The molecule has 0 saturated heterocycles. The van der Waals surface area contributed by atoms with Gasteiger partial charge in [-0.3, -0.25) is 0 Å². The first-order valence-electron chi connectivity index (χ1n) is 6.00. The van der Waals surface area contributed by atoms with E-state index in [1.54, 1.807) is 6.07 Å². The monoisotopic (exact) mass is 237 g/mol. The van der Waals surface area contributed by atoms with E-state index in [4.69, 9.17) is 0 Å². The van der Waals surface area contributed by atoms with E-state index in [0.717, 1.165) is 12.8 Å². The van der Waals surface area contributed by atoms with Crippen molar-refractivity contribution >= 4 is 0 Å². The summed E-state index contributed by atoms with van der Waals surface area (Å²) in [7, 11) is 0. The van der Waals surface area contributed by atoms with Gasteiger partial charge in [-0.25, -0.2) is 0 Å². The molecule has 4 N–H and O–H groups in total. The Morgan fingerprint density at radius 2 is 1.76 bits per heavy atom. The highest BCUT2D eigenvalue weighted by Gasteiger charge is 2.28. The van der Waals surface area contributed by atoms with Crippen molar-refractivity contribution in [3.05, 3.63) is 17.7 Å². The van der Waals surface area contributed by atoms with Gasteiger partial charge in [0.1, 0.15) is 0 Å². The molecule has 0 aliphatic heterocycles. The largest absolute Gasteiger partial charge is 0.504 e. The molecule has 0 heterocycles. The molecule has 4 nitrogen and oxygen atoms in total. The molecule has 0 atom stereocenters. The molecule has 0 spiro atoms. The lowest BCUT2D eigenvalue weighted by Crippen LogP contribution is -2.38. The van der Waals surface area contributed by atoms with Crippen molar-refractivity contribution in [2.24, 2.45) is 0 Å². The van der Waals surface area contributed by atoms with E-state index in [1.165, 1.54) is 18.9 Å². The molecule has 1 fully saturated rings. The molecule has 0 amide bonds. The molecule has 1 aromatic rings. The number of hydrogen-bond donors (Lipinski definition) is 4. The second-order valence-electron chi connectivity index (χ2n) is 5.06. The first-order chi connectivity index (χ1) is 8.02. The van der Waals surface area contributed by atoms with Gasteiger partial charge in [-0.1, -0.05) is 18.9 Å². The van der Waals surface area contributed by atoms with Gasteiger partial charge in [0.2, 0.25) is 5.75 Å². The number of aromatic hydroxyl groups is 3. The summed E-state index contributed by atoms with van der Waals surface area (Å²) >= 11 is 0. The lowest BCUT2D eigenvalue weighted by Gasteiger charge is -2.25. The number of phenolic OH excluding ortho intramolecular Hbond substituents is 3. The molecular weight excluding hydrogens is 218 g/mol. The molecule has 1 saturated carbocycles. The minimum Gasteiger partial charge on any atom is -0.504 e. The van der Waals surface area contributed by atoms with Gasteiger partial charge in [0, 0.05) is 17.6 Å². The summed E-state index contributed by atoms with van der Waals surface area (Å²) in [5.41, 5.74) is 0.730. The van der Waals surface area contributed by atoms with E-state index in [-0.39, 0.29) is 17.0 Å². The number of phenols is 3. The van der Waals surface area contributed by atoms with Crippen LogP contribution in [0.5, 0.6) is 17.2 Å². The number of rotatable bonds is 3. The van der Waals surface area contributed by atoms with Crippen LogP contribution in [-0.2, 0) is 6.54 Å². The summed E-state index contributed by atoms with van der Waals surface area (Å²) in [5.74, 6) is -0.974. The molecule has 4 heteroatoms. The van der Waals surface area contributed by atoms with Crippen molar-refractivity contribution in [1.82, 2.24) is 5.32 Å². The normalized spacial score (nSPS) is 18.4. The standard InChI is InChI=1S/C13H19NO3/c1-13(6-2-3-7-13)14-8-9-4-5-10(15)12(17)11(9)16/h4-5,14-17H,2-3,6-8H2,1H3. The van der Waals surface area contributed by atoms with E-state index >= 15 is 0 Å². The number of nitrogens with one attached hydrogen (secondary N) is 1. The molecule has 0 unspecified atom stereocenters. The van der Waals surface area contributed by atoms with Crippen LogP contribution in [0.1, 0.15) is 38.2 Å². The lowest BCUT2D eigenvalue weighted by atomic mass is 10.00. The topological polar surface area (TPSA) is 72.7 Å². The Bertz CT molecular complexity index is 411. The highest BCUT2D eigenvalue weighted by Crippen LogP contribution is 2.37.